The zero-order valence-electron chi connectivity index (χ0n) is 11.4. The van der Waals surface area contributed by atoms with Crippen LogP contribution in [0.5, 0.6) is 0 Å². The van der Waals surface area contributed by atoms with Crippen molar-refractivity contribution in [1.82, 2.24) is 20.0 Å². The van der Waals surface area contributed by atoms with Crippen LogP contribution in [0.25, 0.3) is 0 Å². The Bertz CT molecular complexity index is 333. The lowest BCUT2D eigenvalue weighted by Crippen LogP contribution is -2.37. The predicted molar refractivity (Wildman–Crippen MR) is 77.1 cm³/mol. The van der Waals surface area contributed by atoms with Gasteiger partial charge in [0.15, 0.2) is 0 Å². The van der Waals surface area contributed by atoms with Gasteiger partial charge in [0.2, 0.25) is 0 Å². The number of aromatic nitrogens is 2. The summed E-state index contributed by atoms with van der Waals surface area (Å²) >= 11 is 0. The molecule has 5 heteroatoms. The van der Waals surface area contributed by atoms with E-state index in [9.17, 15) is 0 Å². The van der Waals surface area contributed by atoms with Crippen LogP contribution in [0.3, 0.4) is 0 Å². The van der Waals surface area contributed by atoms with Crippen LogP contribution in [-0.4, -0.2) is 40.4 Å². The van der Waals surface area contributed by atoms with Crippen LogP contribution in [-0.2, 0) is 13.1 Å². The molecule has 1 N–H and O–H groups in total. The van der Waals surface area contributed by atoms with Crippen LogP contribution < -0.4 is 5.32 Å². The molecule has 4 nitrogen and oxygen atoms in total. The van der Waals surface area contributed by atoms with Gasteiger partial charge in [-0.1, -0.05) is 6.92 Å². The van der Waals surface area contributed by atoms with Gasteiger partial charge in [0.1, 0.15) is 0 Å². The summed E-state index contributed by atoms with van der Waals surface area (Å²) in [6.07, 6.45) is 4.41. The zero-order valence-corrected chi connectivity index (χ0v) is 12.2. The molecule has 2 heterocycles. The highest BCUT2D eigenvalue weighted by atomic mass is 35.5. The highest BCUT2D eigenvalue weighted by Crippen LogP contribution is 2.13. The van der Waals surface area contributed by atoms with Gasteiger partial charge in [0.25, 0.3) is 0 Å². The maximum atomic E-state index is 4.35. The van der Waals surface area contributed by atoms with Crippen molar-refractivity contribution in [2.45, 2.75) is 45.8 Å². The number of hydrogen-bond acceptors (Lipinski definition) is 3. The molecule has 2 rings (SSSR count). The Morgan fingerprint density at radius 1 is 1.50 bits per heavy atom. The zero-order chi connectivity index (χ0) is 12.1. The van der Waals surface area contributed by atoms with Crippen LogP contribution in [0.4, 0.5) is 0 Å². The maximum Gasteiger partial charge on any atom is 0.0524 e. The van der Waals surface area contributed by atoms with Gasteiger partial charge in [0, 0.05) is 31.9 Å². The van der Waals surface area contributed by atoms with Crippen molar-refractivity contribution < 1.29 is 0 Å². The monoisotopic (exact) mass is 272 g/mol. The maximum absolute atomic E-state index is 4.35. The van der Waals surface area contributed by atoms with E-state index in [4.69, 9.17) is 0 Å². The molecule has 1 aliphatic heterocycles. The summed E-state index contributed by atoms with van der Waals surface area (Å²) in [6.45, 7) is 9.89. The second-order valence-corrected chi connectivity index (χ2v) is 4.76. The quantitative estimate of drug-likeness (QED) is 0.859. The summed E-state index contributed by atoms with van der Waals surface area (Å²) in [5.41, 5.74) is 1.34. The Hall–Kier alpha value is -0.580. The Morgan fingerprint density at radius 2 is 2.33 bits per heavy atom. The average Bonchev–Trinajstić information content (AvgIpc) is 2.99. The number of aryl methyl sites for hydroxylation is 1. The number of rotatable bonds is 6. The van der Waals surface area contributed by atoms with Gasteiger partial charge in [0.05, 0.1) is 5.69 Å². The van der Waals surface area contributed by atoms with E-state index in [1.165, 1.54) is 25.1 Å². The second-order valence-electron chi connectivity index (χ2n) is 4.76. The first-order chi connectivity index (χ1) is 8.35. The third-order valence-corrected chi connectivity index (χ3v) is 3.53. The minimum absolute atomic E-state index is 0. The van der Waals surface area contributed by atoms with Crippen LogP contribution in [0.15, 0.2) is 12.3 Å². The van der Waals surface area contributed by atoms with E-state index >= 15 is 0 Å². The minimum atomic E-state index is 0. The van der Waals surface area contributed by atoms with E-state index in [0.717, 1.165) is 26.2 Å². The molecular weight excluding hydrogens is 248 g/mol. The molecular formula is C13H25ClN4. The predicted octanol–water partition coefficient (Wildman–Crippen LogP) is 1.90. The lowest BCUT2D eigenvalue weighted by Gasteiger charge is -2.28. The van der Waals surface area contributed by atoms with Crippen molar-refractivity contribution in [2.75, 3.05) is 19.6 Å². The first kappa shape index (κ1) is 15.5. The van der Waals surface area contributed by atoms with Gasteiger partial charge in [-0.15, -0.1) is 12.4 Å². The van der Waals surface area contributed by atoms with E-state index in [1.54, 1.807) is 0 Å². The average molecular weight is 273 g/mol. The summed E-state index contributed by atoms with van der Waals surface area (Å²) in [6, 6.07) is 2.85. The van der Waals surface area contributed by atoms with Gasteiger partial charge >= 0.3 is 0 Å². The van der Waals surface area contributed by atoms with E-state index < -0.39 is 0 Å². The molecule has 1 unspecified atom stereocenters. The molecule has 0 aromatic carbocycles. The lowest BCUT2D eigenvalue weighted by atomic mass is 10.2. The van der Waals surface area contributed by atoms with Gasteiger partial charge < -0.3 is 5.32 Å². The van der Waals surface area contributed by atoms with Gasteiger partial charge in [-0.3, -0.25) is 9.58 Å². The van der Waals surface area contributed by atoms with E-state index in [1.807, 2.05) is 6.20 Å². The van der Waals surface area contributed by atoms with Crippen molar-refractivity contribution in [1.29, 1.82) is 0 Å². The Labute approximate surface area is 116 Å². The third kappa shape index (κ3) is 3.70. The summed E-state index contributed by atoms with van der Waals surface area (Å²) in [4.78, 5) is 2.60. The molecule has 0 saturated carbocycles. The minimum Gasteiger partial charge on any atom is -0.315 e. The molecule has 0 spiro atoms. The van der Waals surface area contributed by atoms with Gasteiger partial charge in [-0.05, 0) is 38.9 Å². The van der Waals surface area contributed by atoms with Crippen LogP contribution in [0.2, 0.25) is 0 Å². The number of nitrogens with one attached hydrogen (secondary N) is 1. The second kappa shape index (κ2) is 7.77. The SMILES string of the molecule is CCCN(Cc1ccnn1CC)C1CCNC1.Cl. The fourth-order valence-corrected chi connectivity index (χ4v) is 2.62. The summed E-state index contributed by atoms with van der Waals surface area (Å²) in [7, 11) is 0. The molecule has 0 bridgehead atoms. The molecule has 0 radical (unpaired) electrons. The van der Waals surface area contributed by atoms with Crippen molar-refractivity contribution in [2.24, 2.45) is 0 Å². The normalized spacial score (nSPS) is 19.2. The van der Waals surface area contributed by atoms with Crippen molar-refractivity contribution >= 4 is 12.4 Å². The molecule has 104 valence electrons. The van der Waals surface area contributed by atoms with Crippen molar-refractivity contribution in [3.05, 3.63) is 18.0 Å². The lowest BCUT2D eigenvalue weighted by molar-refractivity contribution is 0.194. The summed E-state index contributed by atoms with van der Waals surface area (Å²) in [5, 5.41) is 7.80. The molecule has 1 fully saturated rings. The fourth-order valence-electron chi connectivity index (χ4n) is 2.62. The molecule has 1 atom stereocenters. The molecule has 1 aromatic heterocycles. The molecule has 18 heavy (non-hydrogen) atoms. The van der Waals surface area contributed by atoms with E-state index in [2.05, 4.69) is 39.9 Å². The first-order valence-electron chi connectivity index (χ1n) is 6.80. The summed E-state index contributed by atoms with van der Waals surface area (Å²) in [5.74, 6) is 0. The number of halogens is 1. The molecule has 1 saturated heterocycles. The summed E-state index contributed by atoms with van der Waals surface area (Å²) < 4.78 is 2.10. The Balaban J connectivity index is 0.00000162. The smallest absolute Gasteiger partial charge is 0.0524 e. The van der Waals surface area contributed by atoms with Gasteiger partial charge in [-0.2, -0.15) is 5.10 Å². The highest BCUT2D eigenvalue weighted by molar-refractivity contribution is 5.85. The fraction of sp³-hybridized carbons (Fsp3) is 0.769. The Kier molecular flexibility index (Phi) is 6.68. The molecule has 0 aliphatic carbocycles. The first-order valence-corrected chi connectivity index (χ1v) is 6.80. The topological polar surface area (TPSA) is 33.1 Å². The third-order valence-electron chi connectivity index (χ3n) is 3.53. The largest absolute Gasteiger partial charge is 0.315 e. The van der Waals surface area contributed by atoms with Crippen LogP contribution >= 0.6 is 12.4 Å². The van der Waals surface area contributed by atoms with Crippen LogP contribution in [0, 0.1) is 0 Å². The molecule has 0 amide bonds. The number of hydrogen-bond donors (Lipinski definition) is 1. The standard InChI is InChI=1S/C13H24N4.ClH/c1-3-9-16(12-5-7-14-10-12)11-13-6-8-15-17(13)4-2;/h6,8,12,14H,3-5,7,9-11H2,1-2H3;1H. The van der Waals surface area contributed by atoms with E-state index in [-0.39, 0.29) is 12.4 Å². The van der Waals surface area contributed by atoms with Gasteiger partial charge in [-0.25, -0.2) is 0 Å². The van der Waals surface area contributed by atoms with Crippen molar-refractivity contribution in [3.63, 3.8) is 0 Å². The molecule has 1 aromatic rings. The Morgan fingerprint density at radius 3 is 2.94 bits per heavy atom. The highest BCUT2D eigenvalue weighted by Gasteiger charge is 2.22. The van der Waals surface area contributed by atoms with E-state index in [0.29, 0.717) is 6.04 Å². The van der Waals surface area contributed by atoms with Crippen LogP contribution in [0.1, 0.15) is 32.4 Å². The number of nitrogens with zero attached hydrogens (tertiary/aromatic N) is 3. The van der Waals surface area contributed by atoms with Crippen molar-refractivity contribution in [3.8, 4) is 0 Å². The molecule has 1 aliphatic rings.